The van der Waals surface area contributed by atoms with Crippen LogP contribution in [0.1, 0.15) is 23.6 Å². The Labute approximate surface area is 214 Å². The summed E-state index contributed by atoms with van der Waals surface area (Å²) in [5.74, 6) is -1.48. The smallest absolute Gasteiger partial charge is 0.305 e. The average molecular weight is 544 g/mol. The molecule has 0 amide bonds. The maximum Gasteiger partial charge on any atom is 0.305 e. The molecule has 0 saturated carbocycles. The maximum atomic E-state index is 12.9. The highest BCUT2D eigenvalue weighted by atomic mass is 32.2. The van der Waals surface area contributed by atoms with Gasteiger partial charge in [-0.1, -0.05) is 48.5 Å². The van der Waals surface area contributed by atoms with Crippen LogP contribution < -0.4 is 20.9 Å². The van der Waals surface area contributed by atoms with Gasteiger partial charge in [0.1, 0.15) is 0 Å². The summed E-state index contributed by atoms with van der Waals surface area (Å²) in [6.07, 6.45) is 0.802. The molecule has 0 aliphatic rings. The number of hydrogen-bond donors (Lipinski definition) is 5. The molecular formula is C24H25N5O6S2. The van der Waals surface area contributed by atoms with E-state index in [0.717, 1.165) is 5.41 Å². The Morgan fingerprint density at radius 1 is 0.946 bits per heavy atom. The van der Waals surface area contributed by atoms with E-state index in [0.29, 0.717) is 5.56 Å². The molecule has 1 atom stereocenters. The molecule has 0 radical (unpaired) electrons. The highest BCUT2D eigenvalue weighted by Crippen LogP contribution is 2.25. The summed E-state index contributed by atoms with van der Waals surface area (Å²) < 4.78 is 55.9. The van der Waals surface area contributed by atoms with Gasteiger partial charge in [-0.15, -0.1) is 0 Å². The number of sulfonamides is 2. The molecule has 3 aromatic carbocycles. The maximum absolute atomic E-state index is 12.9. The van der Waals surface area contributed by atoms with Crippen LogP contribution in [0.5, 0.6) is 0 Å². The number of hydrogen-bond acceptors (Lipinski definition) is 6. The molecule has 0 heterocycles. The van der Waals surface area contributed by atoms with Crippen molar-refractivity contribution in [2.24, 2.45) is 16.5 Å². The largest absolute Gasteiger partial charge is 0.481 e. The van der Waals surface area contributed by atoms with Gasteiger partial charge in [-0.05, 0) is 47.5 Å². The number of rotatable bonds is 11. The van der Waals surface area contributed by atoms with Crippen LogP contribution in [0.2, 0.25) is 0 Å². The van der Waals surface area contributed by atoms with Crippen LogP contribution in [0.3, 0.4) is 0 Å². The van der Waals surface area contributed by atoms with Crippen molar-refractivity contribution < 1.29 is 26.7 Å². The molecule has 194 valence electrons. The minimum atomic E-state index is -4.08. The fraction of sp³-hybridized carbons (Fsp3) is 0.0833. The second kappa shape index (κ2) is 11.7. The molecule has 0 fully saturated rings. The van der Waals surface area contributed by atoms with E-state index in [1.165, 1.54) is 54.6 Å². The molecule has 1 unspecified atom stereocenters. The van der Waals surface area contributed by atoms with Gasteiger partial charge in [-0.25, -0.2) is 26.6 Å². The van der Waals surface area contributed by atoms with Crippen LogP contribution in [0.4, 0.5) is 11.4 Å². The molecule has 0 spiro atoms. The molecule has 3 aromatic rings. The molecular weight excluding hydrogens is 518 g/mol. The monoisotopic (exact) mass is 543 g/mol. The number of benzene rings is 3. The first kappa shape index (κ1) is 27.4. The van der Waals surface area contributed by atoms with E-state index < -0.39 is 38.5 Å². The van der Waals surface area contributed by atoms with Gasteiger partial charge in [0.15, 0.2) is 5.96 Å². The zero-order chi connectivity index (χ0) is 27.1. The number of aliphatic carboxylic acids is 1. The van der Waals surface area contributed by atoms with E-state index in [9.17, 15) is 26.7 Å². The Morgan fingerprint density at radius 2 is 1.65 bits per heavy atom. The average Bonchev–Trinajstić information content (AvgIpc) is 2.82. The van der Waals surface area contributed by atoms with Crippen molar-refractivity contribution in [1.29, 1.82) is 0 Å². The van der Waals surface area contributed by atoms with E-state index in [2.05, 4.69) is 14.4 Å². The summed E-state index contributed by atoms with van der Waals surface area (Å²) in [6.45, 7) is 0. The standard InChI is InChI=1S/C24H25N5O6S2/c25-24(26)27-19-9-5-11-21(15-19)37(34,35)28-20-10-4-8-18(14-20)22(16-23(30)31)29-36(32,33)13-12-17-6-2-1-3-7-17/h1-15,22,28-29H,16H2,(H,30,31)(H4,25,26,27). The molecule has 0 bridgehead atoms. The van der Waals surface area contributed by atoms with Gasteiger partial charge in [0, 0.05) is 11.1 Å². The van der Waals surface area contributed by atoms with Gasteiger partial charge >= 0.3 is 5.97 Å². The predicted molar refractivity (Wildman–Crippen MR) is 142 cm³/mol. The first-order chi connectivity index (χ1) is 17.4. The lowest BCUT2D eigenvalue weighted by atomic mass is 10.0. The number of anilines is 1. The molecule has 0 aliphatic carbocycles. The van der Waals surface area contributed by atoms with Crippen LogP contribution in [0, 0.1) is 0 Å². The fourth-order valence-corrected chi connectivity index (χ4v) is 5.39. The quantitative estimate of drug-likeness (QED) is 0.180. The van der Waals surface area contributed by atoms with Crippen molar-refractivity contribution in [1.82, 2.24) is 4.72 Å². The number of aliphatic imine (C=N–C) groups is 1. The summed E-state index contributed by atoms with van der Waals surface area (Å²) in [7, 11) is -8.12. The van der Waals surface area contributed by atoms with Gasteiger partial charge in [0.25, 0.3) is 10.0 Å². The van der Waals surface area contributed by atoms with E-state index >= 15 is 0 Å². The number of nitrogens with zero attached hydrogens (tertiary/aromatic N) is 1. The molecule has 11 nitrogen and oxygen atoms in total. The molecule has 0 aromatic heterocycles. The zero-order valence-corrected chi connectivity index (χ0v) is 21.0. The Balaban J connectivity index is 1.86. The van der Waals surface area contributed by atoms with Crippen molar-refractivity contribution in [3.05, 3.63) is 95.4 Å². The summed E-state index contributed by atoms with van der Waals surface area (Å²) in [6, 6.07) is 18.9. The minimum absolute atomic E-state index is 0.0964. The lowest BCUT2D eigenvalue weighted by Gasteiger charge is -2.18. The van der Waals surface area contributed by atoms with Gasteiger partial charge < -0.3 is 16.6 Å². The first-order valence-corrected chi connectivity index (χ1v) is 13.8. The van der Waals surface area contributed by atoms with Crippen LogP contribution >= 0.6 is 0 Å². The van der Waals surface area contributed by atoms with Crippen LogP contribution in [-0.4, -0.2) is 33.9 Å². The van der Waals surface area contributed by atoms with E-state index in [1.54, 1.807) is 30.3 Å². The van der Waals surface area contributed by atoms with Crippen molar-refractivity contribution in [2.75, 3.05) is 4.72 Å². The Kier molecular flexibility index (Phi) is 8.65. The number of nitrogens with one attached hydrogen (secondary N) is 2. The lowest BCUT2D eigenvalue weighted by molar-refractivity contribution is -0.137. The molecule has 37 heavy (non-hydrogen) atoms. The normalized spacial score (nSPS) is 12.6. The highest BCUT2D eigenvalue weighted by molar-refractivity contribution is 7.93. The van der Waals surface area contributed by atoms with Crippen LogP contribution in [-0.2, 0) is 24.8 Å². The molecule has 13 heteroatoms. The van der Waals surface area contributed by atoms with Crippen LogP contribution in [0.25, 0.3) is 6.08 Å². The highest BCUT2D eigenvalue weighted by Gasteiger charge is 2.22. The van der Waals surface area contributed by atoms with Crippen molar-refractivity contribution in [3.8, 4) is 0 Å². The summed E-state index contributed by atoms with van der Waals surface area (Å²) in [4.78, 5) is 15.2. The predicted octanol–water partition coefficient (Wildman–Crippen LogP) is 2.50. The minimum Gasteiger partial charge on any atom is -0.481 e. The lowest BCUT2D eigenvalue weighted by Crippen LogP contribution is -2.28. The van der Waals surface area contributed by atoms with E-state index in [-0.39, 0.29) is 27.8 Å². The summed E-state index contributed by atoms with van der Waals surface area (Å²) in [5, 5.41) is 10.3. The topological polar surface area (TPSA) is 194 Å². The van der Waals surface area contributed by atoms with Crippen molar-refractivity contribution in [2.45, 2.75) is 17.4 Å². The van der Waals surface area contributed by atoms with Crippen LogP contribution in [0.15, 0.2) is 94.2 Å². The third-order valence-corrected chi connectivity index (χ3v) is 7.34. The summed E-state index contributed by atoms with van der Waals surface area (Å²) >= 11 is 0. The second-order valence-electron chi connectivity index (χ2n) is 7.79. The summed E-state index contributed by atoms with van der Waals surface area (Å²) in [5.41, 5.74) is 11.9. The van der Waals surface area contributed by atoms with E-state index in [4.69, 9.17) is 11.5 Å². The number of carbonyl (C=O) groups is 1. The van der Waals surface area contributed by atoms with Gasteiger partial charge in [0.05, 0.1) is 23.0 Å². The van der Waals surface area contributed by atoms with Crippen molar-refractivity contribution in [3.63, 3.8) is 0 Å². The third kappa shape index (κ3) is 8.45. The van der Waals surface area contributed by atoms with Gasteiger partial charge in [0.2, 0.25) is 10.0 Å². The zero-order valence-electron chi connectivity index (χ0n) is 19.4. The molecule has 0 saturated heterocycles. The van der Waals surface area contributed by atoms with Gasteiger partial charge in [-0.2, -0.15) is 0 Å². The first-order valence-electron chi connectivity index (χ1n) is 10.7. The second-order valence-corrected chi connectivity index (χ2v) is 11.1. The SMILES string of the molecule is NC(N)=Nc1cccc(S(=O)(=O)Nc2cccc(C(CC(=O)O)NS(=O)(=O)C=Cc3ccccc3)c2)c1. The number of carboxylic acids is 1. The number of nitrogens with two attached hydrogens (primary N) is 2. The third-order valence-electron chi connectivity index (χ3n) is 4.85. The van der Waals surface area contributed by atoms with Gasteiger partial charge in [-0.3, -0.25) is 9.52 Å². The number of guanidine groups is 1. The Hall–Kier alpha value is -4.20. The molecule has 3 rings (SSSR count). The Bertz CT molecular complexity index is 1530. The molecule has 7 N–H and O–H groups in total. The fourth-order valence-electron chi connectivity index (χ4n) is 3.27. The number of carboxylic acid groups (broad SMARTS) is 1. The molecule has 0 aliphatic heterocycles. The Morgan fingerprint density at radius 3 is 2.32 bits per heavy atom. The van der Waals surface area contributed by atoms with E-state index in [1.807, 2.05) is 0 Å². The van der Waals surface area contributed by atoms with Crippen molar-refractivity contribution >= 4 is 49.4 Å².